The number of hydrogen-bond acceptors (Lipinski definition) is 4. The van der Waals surface area contributed by atoms with Crippen LogP contribution in [0.15, 0.2) is 36.7 Å². The summed E-state index contributed by atoms with van der Waals surface area (Å²) in [5.41, 5.74) is 2.84. The predicted octanol–water partition coefficient (Wildman–Crippen LogP) is 3.66. The molecule has 0 atom stereocenters. The maximum Gasteiger partial charge on any atom is 0.410 e. The average Bonchev–Trinajstić information content (AvgIpc) is 3.11. The topological polar surface area (TPSA) is 67.6 Å². The molecule has 2 aromatic rings. The summed E-state index contributed by atoms with van der Waals surface area (Å²) in [5, 5.41) is 13.7. The Kier molecular flexibility index (Phi) is 5.85. The number of likely N-dealkylation sites (tertiary alicyclic amines) is 1. The van der Waals surface area contributed by atoms with E-state index in [1.807, 2.05) is 43.8 Å². The average molecular weight is 371 g/mol. The van der Waals surface area contributed by atoms with Crippen molar-refractivity contribution >= 4 is 6.09 Å². The van der Waals surface area contributed by atoms with Crippen molar-refractivity contribution in [2.24, 2.45) is 0 Å². The van der Waals surface area contributed by atoms with Crippen LogP contribution in [0.3, 0.4) is 0 Å². The zero-order valence-electron chi connectivity index (χ0n) is 16.4. The van der Waals surface area contributed by atoms with Crippen LogP contribution < -0.4 is 0 Å². The highest BCUT2D eigenvalue weighted by Gasteiger charge is 2.27. The lowest BCUT2D eigenvalue weighted by Crippen LogP contribution is -2.42. The summed E-state index contributed by atoms with van der Waals surface area (Å²) in [6.07, 6.45) is 6.12. The number of amides is 1. The molecule has 1 aliphatic heterocycles. The number of piperidine rings is 1. The fraction of sp³-hybridized carbons (Fsp3) is 0.524. The summed E-state index contributed by atoms with van der Waals surface area (Å²) in [6.45, 7) is 7.18. The van der Waals surface area contributed by atoms with E-state index in [1.165, 1.54) is 0 Å². The third kappa shape index (κ3) is 5.10. The van der Waals surface area contributed by atoms with E-state index in [-0.39, 0.29) is 18.7 Å². The van der Waals surface area contributed by atoms with Crippen LogP contribution >= 0.6 is 0 Å². The third-order valence-corrected chi connectivity index (χ3v) is 4.75. The molecule has 6 heteroatoms. The van der Waals surface area contributed by atoms with Crippen LogP contribution in [0.1, 0.15) is 45.2 Å². The second-order valence-electron chi connectivity index (χ2n) is 8.08. The lowest BCUT2D eigenvalue weighted by Gasteiger charge is -2.33. The summed E-state index contributed by atoms with van der Waals surface area (Å²) >= 11 is 0. The molecule has 27 heavy (non-hydrogen) atoms. The molecule has 1 amide bonds. The number of nitrogens with zero attached hydrogens (tertiary/aromatic N) is 3. The molecule has 146 valence electrons. The van der Waals surface area contributed by atoms with Gasteiger partial charge in [0.2, 0.25) is 0 Å². The maximum absolute atomic E-state index is 12.2. The molecular weight excluding hydrogens is 342 g/mol. The second-order valence-corrected chi connectivity index (χ2v) is 8.08. The summed E-state index contributed by atoms with van der Waals surface area (Å²) in [4.78, 5) is 14.0. The molecule has 0 bridgehead atoms. The predicted molar refractivity (Wildman–Crippen MR) is 105 cm³/mol. The van der Waals surface area contributed by atoms with Gasteiger partial charge in [-0.05, 0) is 51.2 Å². The van der Waals surface area contributed by atoms with Gasteiger partial charge in [-0.15, -0.1) is 0 Å². The van der Waals surface area contributed by atoms with Gasteiger partial charge in [-0.2, -0.15) is 5.10 Å². The molecular formula is C21H29N3O3. The van der Waals surface area contributed by atoms with E-state index in [2.05, 4.69) is 23.4 Å². The van der Waals surface area contributed by atoms with Crippen LogP contribution in [-0.4, -0.2) is 51.2 Å². The van der Waals surface area contributed by atoms with E-state index < -0.39 is 5.60 Å². The minimum Gasteiger partial charge on any atom is -0.444 e. The van der Waals surface area contributed by atoms with Crippen molar-refractivity contribution in [2.75, 3.05) is 19.7 Å². The number of ether oxygens (including phenoxy) is 1. The number of carbonyl (C=O) groups is 1. The Morgan fingerprint density at radius 1 is 1.26 bits per heavy atom. The van der Waals surface area contributed by atoms with E-state index >= 15 is 0 Å². The quantitative estimate of drug-likeness (QED) is 0.891. The van der Waals surface area contributed by atoms with Crippen molar-refractivity contribution in [3.05, 3.63) is 42.2 Å². The Bertz CT molecular complexity index is 771. The van der Waals surface area contributed by atoms with Crippen molar-refractivity contribution in [1.29, 1.82) is 0 Å². The molecule has 1 saturated heterocycles. The first-order chi connectivity index (χ1) is 12.9. The van der Waals surface area contributed by atoms with Crippen LogP contribution in [0.5, 0.6) is 0 Å². The second kappa shape index (κ2) is 8.13. The summed E-state index contributed by atoms with van der Waals surface area (Å²) in [5.74, 6) is 0. The lowest BCUT2D eigenvalue weighted by molar-refractivity contribution is 0.0185. The molecule has 1 aromatic heterocycles. The molecule has 3 rings (SSSR count). The van der Waals surface area contributed by atoms with Gasteiger partial charge >= 0.3 is 6.09 Å². The van der Waals surface area contributed by atoms with Crippen molar-refractivity contribution in [1.82, 2.24) is 14.7 Å². The Balaban J connectivity index is 1.61. The minimum absolute atomic E-state index is 0.152. The number of aliphatic hydroxyl groups excluding tert-OH is 1. The van der Waals surface area contributed by atoms with Crippen LogP contribution in [0.4, 0.5) is 4.79 Å². The van der Waals surface area contributed by atoms with Crippen molar-refractivity contribution in [2.45, 2.75) is 51.7 Å². The Morgan fingerprint density at radius 3 is 2.67 bits per heavy atom. The zero-order valence-corrected chi connectivity index (χ0v) is 16.4. The normalized spacial score (nSPS) is 15.8. The van der Waals surface area contributed by atoms with Crippen molar-refractivity contribution < 1.29 is 14.6 Å². The van der Waals surface area contributed by atoms with Gasteiger partial charge in [0.15, 0.2) is 0 Å². The number of hydrogen-bond donors (Lipinski definition) is 1. The van der Waals surface area contributed by atoms with Gasteiger partial charge < -0.3 is 14.7 Å². The van der Waals surface area contributed by atoms with E-state index in [4.69, 9.17) is 9.84 Å². The number of rotatable bonds is 4. The molecule has 2 heterocycles. The van der Waals surface area contributed by atoms with E-state index in [9.17, 15) is 4.79 Å². The fourth-order valence-corrected chi connectivity index (χ4v) is 3.36. The number of aliphatic hydroxyl groups is 1. The van der Waals surface area contributed by atoms with Gasteiger partial charge in [0, 0.05) is 31.5 Å². The van der Waals surface area contributed by atoms with Gasteiger partial charge in [-0.1, -0.05) is 24.3 Å². The molecule has 1 N–H and O–H groups in total. The van der Waals surface area contributed by atoms with E-state index in [0.717, 1.165) is 29.5 Å². The molecule has 0 saturated carbocycles. The molecule has 0 unspecified atom stereocenters. The Hall–Kier alpha value is -2.34. The van der Waals surface area contributed by atoms with Crippen LogP contribution in [0.25, 0.3) is 11.1 Å². The van der Waals surface area contributed by atoms with Crippen molar-refractivity contribution in [3.63, 3.8) is 0 Å². The Morgan fingerprint density at radius 2 is 2.00 bits per heavy atom. The molecule has 0 aliphatic carbocycles. The molecule has 0 radical (unpaired) electrons. The van der Waals surface area contributed by atoms with Gasteiger partial charge in [-0.25, -0.2) is 4.79 Å². The monoisotopic (exact) mass is 371 g/mol. The first-order valence-corrected chi connectivity index (χ1v) is 9.58. The third-order valence-electron chi connectivity index (χ3n) is 4.75. The largest absolute Gasteiger partial charge is 0.444 e. The fourth-order valence-electron chi connectivity index (χ4n) is 3.36. The van der Waals surface area contributed by atoms with E-state index in [0.29, 0.717) is 19.5 Å². The summed E-state index contributed by atoms with van der Waals surface area (Å²) < 4.78 is 7.47. The Labute approximate surface area is 160 Å². The van der Waals surface area contributed by atoms with Gasteiger partial charge in [0.1, 0.15) is 5.60 Å². The molecule has 1 aliphatic rings. The number of benzene rings is 1. The highest BCUT2D eigenvalue weighted by molar-refractivity contribution is 5.68. The van der Waals surface area contributed by atoms with Gasteiger partial charge in [0.25, 0.3) is 0 Å². The molecule has 0 spiro atoms. The van der Waals surface area contributed by atoms with Crippen LogP contribution in [0.2, 0.25) is 0 Å². The molecule has 6 nitrogen and oxygen atoms in total. The van der Waals surface area contributed by atoms with E-state index in [1.54, 1.807) is 4.90 Å². The maximum atomic E-state index is 12.2. The number of carbonyl (C=O) groups excluding carboxylic acids is 1. The lowest BCUT2D eigenvalue weighted by atomic mass is 10.0. The van der Waals surface area contributed by atoms with Gasteiger partial charge in [-0.3, -0.25) is 4.68 Å². The molecule has 1 aromatic carbocycles. The highest BCUT2D eigenvalue weighted by Crippen LogP contribution is 2.26. The SMILES string of the molecule is CC(C)(C)OC(=O)N1CCC(n2cc(-c3cccc(CCO)c3)cn2)CC1. The smallest absolute Gasteiger partial charge is 0.410 e. The molecule has 1 fully saturated rings. The highest BCUT2D eigenvalue weighted by atomic mass is 16.6. The van der Waals surface area contributed by atoms with Crippen LogP contribution in [-0.2, 0) is 11.2 Å². The standard InChI is InChI=1S/C21H29N3O3/c1-21(2,3)27-20(26)23-10-7-19(8-11-23)24-15-18(14-22-24)17-6-4-5-16(13-17)9-12-25/h4-6,13-15,19,25H,7-12H2,1-3H3. The van der Waals surface area contributed by atoms with Gasteiger partial charge in [0.05, 0.1) is 12.2 Å². The zero-order chi connectivity index (χ0) is 19.4. The first-order valence-electron chi connectivity index (χ1n) is 9.58. The first kappa shape index (κ1) is 19.4. The minimum atomic E-state index is -0.463. The summed E-state index contributed by atoms with van der Waals surface area (Å²) in [7, 11) is 0. The number of aromatic nitrogens is 2. The van der Waals surface area contributed by atoms with Crippen molar-refractivity contribution in [3.8, 4) is 11.1 Å². The van der Waals surface area contributed by atoms with Crippen LogP contribution in [0, 0.1) is 0 Å². The summed E-state index contributed by atoms with van der Waals surface area (Å²) in [6, 6.07) is 8.49.